The summed E-state index contributed by atoms with van der Waals surface area (Å²) in [6.45, 7) is 5.68. The molecule has 0 bridgehead atoms. The molecule has 1 saturated heterocycles. The summed E-state index contributed by atoms with van der Waals surface area (Å²) in [6, 6.07) is 6.02. The van der Waals surface area contributed by atoms with Crippen molar-refractivity contribution in [1.29, 1.82) is 0 Å². The summed E-state index contributed by atoms with van der Waals surface area (Å²) in [5.41, 5.74) is 7.56. The number of piperidine rings is 1. The van der Waals surface area contributed by atoms with Gasteiger partial charge in [0, 0.05) is 32.1 Å². The van der Waals surface area contributed by atoms with E-state index in [1.54, 1.807) is 25.3 Å². The van der Waals surface area contributed by atoms with Crippen LogP contribution in [-0.4, -0.2) is 43.0 Å². The fraction of sp³-hybridized carbons (Fsp3) is 0.400. The second-order valence-corrected chi connectivity index (χ2v) is 6.96. The van der Waals surface area contributed by atoms with E-state index in [9.17, 15) is 13.2 Å². The summed E-state index contributed by atoms with van der Waals surface area (Å²) in [7, 11) is 1.79. The maximum absolute atomic E-state index is 12.4. The molecule has 1 aromatic heterocycles. The summed E-state index contributed by atoms with van der Waals surface area (Å²) in [5, 5.41) is 3.04. The minimum Gasteiger partial charge on any atom is -0.406 e. The Bertz CT molecular complexity index is 846. The summed E-state index contributed by atoms with van der Waals surface area (Å²) in [4.78, 5) is 10.8. The highest BCUT2D eigenvalue weighted by atomic mass is 19.4. The summed E-state index contributed by atoms with van der Waals surface area (Å²) >= 11 is 0. The number of ether oxygens (including phenoxy) is 1. The van der Waals surface area contributed by atoms with E-state index in [-0.39, 0.29) is 11.2 Å². The van der Waals surface area contributed by atoms with E-state index >= 15 is 0 Å². The zero-order chi connectivity index (χ0) is 21.1. The average Bonchev–Trinajstić information content (AvgIpc) is 2.72. The van der Waals surface area contributed by atoms with Crippen molar-refractivity contribution in [2.24, 2.45) is 5.73 Å². The Morgan fingerprint density at radius 1 is 1.24 bits per heavy atom. The maximum atomic E-state index is 12.4. The topological polar surface area (TPSA) is 76.3 Å². The fourth-order valence-corrected chi connectivity index (χ4v) is 3.79. The normalized spacial score (nSPS) is 16.4. The van der Waals surface area contributed by atoms with Crippen molar-refractivity contribution < 1.29 is 17.9 Å². The monoisotopic (exact) mass is 407 g/mol. The molecule has 156 valence electrons. The lowest BCUT2D eigenvalue weighted by atomic mass is 9.73. The van der Waals surface area contributed by atoms with E-state index in [4.69, 9.17) is 5.73 Å². The van der Waals surface area contributed by atoms with Gasteiger partial charge in [-0.1, -0.05) is 24.8 Å². The molecule has 9 heteroatoms. The van der Waals surface area contributed by atoms with Gasteiger partial charge in [0.05, 0.1) is 5.56 Å². The van der Waals surface area contributed by atoms with E-state index in [1.807, 2.05) is 0 Å². The van der Waals surface area contributed by atoms with Gasteiger partial charge in [-0.05, 0) is 30.5 Å². The van der Waals surface area contributed by atoms with Crippen molar-refractivity contribution in [3.05, 3.63) is 48.3 Å². The first kappa shape index (κ1) is 20.9. The fourth-order valence-electron chi connectivity index (χ4n) is 3.79. The number of hydrogen-bond acceptors (Lipinski definition) is 6. The highest BCUT2D eigenvalue weighted by Gasteiger charge is 2.36. The molecule has 1 aliphatic heterocycles. The van der Waals surface area contributed by atoms with Gasteiger partial charge in [0.2, 0.25) is 0 Å². The lowest BCUT2D eigenvalue weighted by Crippen LogP contribution is -2.47. The molecule has 1 aromatic carbocycles. The Kier molecular flexibility index (Phi) is 5.97. The standard InChI is InChI=1S/C20H24F3N5O/c1-3-16-17(25-2)26-13-27-18(16)28-10-8-19(12-24,9-11-28)14-4-6-15(7-5-14)29-20(21,22)23/h3-7,13H,1,8-12,24H2,2H3,(H,25,26,27). The van der Waals surface area contributed by atoms with Crippen LogP contribution in [0.5, 0.6) is 5.75 Å². The number of nitrogens with two attached hydrogens (primary N) is 1. The molecule has 0 aliphatic carbocycles. The number of nitrogens with one attached hydrogen (secondary N) is 1. The van der Waals surface area contributed by atoms with Crippen LogP contribution in [0.1, 0.15) is 24.0 Å². The minimum absolute atomic E-state index is 0.234. The second kappa shape index (κ2) is 8.28. The Morgan fingerprint density at radius 2 is 1.90 bits per heavy atom. The highest BCUT2D eigenvalue weighted by molar-refractivity contribution is 5.72. The van der Waals surface area contributed by atoms with Gasteiger partial charge in [0.15, 0.2) is 0 Å². The average molecular weight is 407 g/mol. The van der Waals surface area contributed by atoms with Crippen LogP contribution in [0, 0.1) is 0 Å². The molecule has 0 amide bonds. The van der Waals surface area contributed by atoms with Gasteiger partial charge in [-0.3, -0.25) is 0 Å². The van der Waals surface area contributed by atoms with Crippen molar-refractivity contribution in [2.45, 2.75) is 24.6 Å². The van der Waals surface area contributed by atoms with E-state index < -0.39 is 6.36 Å². The number of rotatable bonds is 6. The van der Waals surface area contributed by atoms with Crippen LogP contribution in [-0.2, 0) is 5.41 Å². The molecule has 0 unspecified atom stereocenters. The van der Waals surface area contributed by atoms with Crippen LogP contribution in [0.3, 0.4) is 0 Å². The van der Waals surface area contributed by atoms with Crippen LogP contribution in [0.4, 0.5) is 24.8 Å². The van der Waals surface area contributed by atoms with Crippen LogP contribution in [0.2, 0.25) is 0 Å². The lowest BCUT2D eigenvalue weighted by molar-refractivity contribution is -0.274. The van der Waals surface area contributed by atoms with Crippen LogP contribution in [0.15, 0.2) is 37.2 Å². The SMILES string of the molecule is C=Cc1c(NC)ncnc1N1CCC(CN)(c2ccc(OC(F)(F)F)cc2)CC1. The van der Waals surface area contributed by atoms with Crippen molar-refractivity contribution in [2.75, 3.05) is 36.9 Å². The number of anilines is 2. The smallest absolute Gasteiger partial charge is 0.406 e. The molecule has 0 atom stereocenters. The number of aromatic nitrogens is 2. The summed E-state index contributed by atoms with van der Waals surface area (Å²) < 4.78 is 41.1. The van der Waals surface area contributed by atoms with Gasteiger partial charge in [0.1, 0.15) is 23.7 Å². The van der Waals surface area contributed by atoms with Crippen molar-refractivity contribution in [1.82, 2.24) is 9.97 Å². The van der Waals surface area contributed by atoms with E-state index in [1.165, 1.54) is 18.5 Å². The molecule has 2 aromatic rings. The summed E-state index contributed by atoms with van der Waals surface area (Å²) in [6.07, 6.45) is 0.0333. The van der Waals surface area contributed by atoms with E-state index in [0.717, 1.165) is 29.8 Å². The maximum Gasteiger partial charge on any atom is 0.573 e. The molecule has 1 aliphatic rings. The third kappa shape index (κ3) is 4.45. The van der Waals surface area contributed by atoms with Gasteiger partial charge in [-0.15, -0.1) is 13.2 Å². The van der Waals surface area contributed by atoms with E-state index in [0.29, 0.717) is 25.5 Å². The zero-order valence-electron chi connectivity index (χ0n) is 16.2. The number of hydrogen-bond donors (Lipinski definition) is 2. The second-order valence-electron chi connectivity index (χ2n) is 6.96. The predicted octanol–water partition coefficient (Wildman–Crippen LogP) is 3.56. The highest BCUT2D eigenvalue weighted by Crippen LogP contribution is 2.38. The molecule has 2 heterocycles. The van der Waals surface area contributed by atoms with Gasteiger partial charge >= 0.3 is 6.36 Å². The molecule has 3 N–H and O–H groups in total. The molecule has 0 radical (unpaired) electrons. The number of alkyl halides is 3. The minimum atomic E-state index is -4.70. The van der Waals surface area contributed by atoms with Crippen LogP contribution >= 0.6 is 0 Å². The number of benzene rings is 1. The number of nitrogens with zero attached hydrogens (tertiary/aromatic N) is 3. The first-order chi connectivity index (χ1) is 13.8. The Morgan fingerprint density at radius 3 is 2.41 bits per heavy atom. The van der Waals surface area contributed by atoms with Crippen LogP contribution in [0.25, 0.3) is 6.08 Å². The quantitative estimate of drug-likeness (QED) is 0.763. The molecule has 3 rings (SSSR count). The van der Waals surface area contributed by atoms with Crippen LogP contribution < -0.4 is 20.7 Å². The van der Waals surface area contributed by atoms with E-state index in [2.05, 4.69) is 31.5 Å². The zero-order valence-corrected chi connectivity index (χ0v) is 16.2. The van der Waals surface area contributed by atoms with Gasteiger partial charge < -0.3 is 20.7 Å². The number of halogens is 3. The largest absolute Gasteiger partial charge is 0.573 e. The summed E-state index contributed by atoms with van der Waals surface area (Å²) in [5.74, 6) is 1.28. The molecule has 6 nitrogen and oxygen atoms in total. The molecular weight excluding hydrogens is 383 g/mol. The molecule has 29 heavy (non-hydrogen) atoms. The Balaban J connectivity index is 1.78. The first-order valence-corrected chi connectivity index (χ1v) is 9.28. The molecular formula is C20H24F3N5O. The van der Waals surface area contributed by atoms with Crippen molar-refractivity contribution in [3.8, 4) is 5.75 Å². The molecule has 0 saturated carbocycles. The molecule has 1 fully saturated rings. The third-order valence-electron chi connectivity index (χ3n) is 5.41. The van der Waals surface area contributed by atoms with Gasteiger partial charge in [-0.25, -0.2) is 9.97 Å². The van der Waals surface area contributed by atoms with Gasteiger partial charge in [-0.2, -0.15) is 0 Å². The first-order valence-electron chi connectivity index (χ1n) is 9.28. The predicted molar refractivity (Wildman–Crippen MR) is 107 cm³/mol. The Labute approximate surface area is 167 Å². The van der Waals surface area contributed by atoms with Crippen molar-refractivity contribution >= 4 is 17.7 Å². The Hall–Kier alpha value is -2.81. The van der Waals surface area contributed by atoms with Crippen molar-refractivity contribution in [3.63, 3.8) is 0 Å². The molecule has 0 spiro atoms. The van der Waals surface area contributed by atoms with Gasteiger partial charge in [0.25, 0.3) is 0 Å². The third-order valence-corrected chi connectivity index (χ3v) is 5.41. The lowest BCUT2D eigenvalue weighted by Gasteiger charge is -2.42.